The van der Waals surface area contributed by atoms with Gasteiger partial charge >= 0.3 is 0 Å². The fourth-order valence-electron chi connectivity index (χ4n) is 5.55. The van der Waals surface area contributed by atoms with Gasteiger partial charge in [-0.3, -0.25) is 0 Å². The van der Waals surface area contributed by atoms with E-state index in [1.165, 1.54) is 62.9 Å². The normalized spacial score (nSPS) is 12.5. The summed E-state index contributed by atoms with van der Waals surface area (Å²) in [4.78, 5) is 0. The zero-order chi connectivity index (χ0) is 33.4. The Bertz CT molecular complexity index is 1590. The Labute approximate surface area is 273 Å². The van der Waals surface area contributed by atoms with E-state index in [0.717, 1.165) is 11.1 Å². The van der Waals surface area contributed by atoms with E-state index in [1.54, 1.807) is 0 Å². The predicted octanol–water partition coefficient (Wildman–Crippen LogP) is 12.1. The number of hydrogen-bond acceptors (Lipinski definition) is 2. The van der Waals surface area contributed by atoms with E-state index in [-0.39, 0.29) is 6.04 Å². The molecule has 2 nitrogen and oxygen atoms in total. The molecule has 0 heterocycles. The van der Waals surface area contributed by atoms with Crippen molar-refractivity contribution in [3.8, 4) is 22.3 Å². The highest BCUT2D eigenvalue weighted by Gasteiger charge is 2.16. The van der Waals surface area contributed by atoms with E-state index >= 15 is 0 Å². The van der Waals surface area contributed by atoms with Crippen LogP contribution in [0.3, 0.4) is 0 Å². The van der Waals surface area contributed by atoms with E-state index in [4.69, 9.17) is 11.1 Å². The smallest absolute Gasteiger partial charge is 0.0505 e. The van der Waals surface area contributed by atoms with Gasteiger partial charge in [0.2, 0.25) is 0 Å². The highest BCUT2D eigenvalue weighted by Crippen LogP contribution is 2.34. The molecule has 0 spiro atoms. The minimum absolute atomic E-state index is 0.107. The Morgan fingerprint density at radius 3 is 1.93 bits per heavy atom. The van der Waals surface area contributed by atoms with E-state index in [1.807, 2.05) is 19.1 Å². The van der Waals surface area contributed by atoms with E-state index in [9.17, 15) is 0 Å². The third kappa shape index (κ3) is 10.6. The number of nitrogens with two attached hydrogens (primary N) is 1. The molecule has 0 bridgehead atoms. The molecule has 2 atom stereocenters. The van der Waals surface area contributed by atoms with Crippen molar-refractivity contribution in [3.63, 3.8) is 0 Å². The van der Waals surface area contributed by atoms with Gasteiger partial charge in [0, 0.05) is 0 Å². The van der Waals surface area contributed by atoms with Crippen molar-refractivity contribution >= 4 is 12.3 Å². The Hall–Kier alpha value is -4.53. The Morgan fingerprint density at radius 1 is 0.822 bits per heavy atom. The van der Waals surface area contributed by atoms with Gasteiger partial charge in [-0.1, -0.05) is 154 Å². The quantitative estimate of drug-likeness (QED) is 0.107. The minimum Gasteiger partial charge on any atom is -0.321 e. The first-order valence-electron chi connectivity index (χ1n) is 15.8. The summed E-state index contributed by atoms with van der Waals surface area (Å²) in [5.41, 5.74) is 19.8. The first-order valence-corrected chi connectivity index (χ1v) is 15.8. The SMILES string of the molecule is C=C/C=C(\C(=C/C)[C@@H](C)CCC)c1ccc(C(N)C(=C)C)cc1C.C=N.Cc1cccc(-c2cccc(-c3ccccc3)c2)c1. The second kappa shape index (κ2) is 19.0. The highest BCUT2D eigenvalue weighted by atomic mass is 14.6. The fraction of sp³-hybridized carbons (Fsp3) is 0.233. The maximum Gasteiger partial charge on any atom is 0.0505 e. The van der Waals surface area contributed by atoms with Crippen LogP contribution < -0.4 is 5.73 Å². The molecule has 0 aliphatic carbocycles. The molecule has 0 radical (unpaired) electrons. The Morgan fingerprint density at radius 2 is 1.40 bits per heavy atom. The van der Waals surface area contributed by atoms with Crippen LogP contribution in [0.1, 0.15) is 68.8 Å². The summed E-state index contributed by atoms with van der Waals surface area (Å²) in [6.45, 7) is 23.3. The average molecular weight is 597 g/mol. The fourth-order valence-corrected chi connectivity index (χ4v) is 5.55. The van der Waals surface area contributed by atoms with Crippen LogP contribution >= 0.6 is 0 Å². The van der Waals surface area contributed by atoms with Gasteiger partial charge in [0.1, 0.15) is 0 Å². The monoisotopic (exact) mass is 596 g/mol. The van der Waals surface area contributed by atoms with Crippen LogP contribution in [0.25, 0.3) is 27.8 Å². The van der Waals surface area contributed by atoms with Gasteiger partial charge in [0.15, 0.2) is 0 Å². The molecule has 0 amide bonds. The van der Waals surface area contributed by atoms with Crippen LogP contribution in [0, 0.1) is 25.2 Å². The van der Waals surface area contributed by atoms with Crippen molar-refractivity contribution in [2.75, 3.05) is 0 Å². The van der Waals surface area contributed by atoms with Gasteiger partial charge in [0.05, 0.1) is 6.04 Å². The van der Waals surface area contributed by atoms with Crippen LogP contribution in [-0.4, -0.2) is 6.72 Å². The summed E-state index contributed by atoms with van der Waals surface area (Å²) in [5, 5.41) is 5.50. The third-order valence-electron chi connectivity index (χ3n) is 7.91. The molecule has 0 aliphatic heterocycles. The number of aryl methyl sites for hydroxylation is 2. The highest BCUT2D eigenvalue weighted by molar-refractivity contribution is 5.82. The molecule has 234 valence electrons. The van der Waals surface area contributed by atoms with Crippen LogP contribution in [0.5, 0.6) is 0 Å². The molecule has 45 heavy (non-hydrogen) atoms. The molecule has 0 aromatic heterocycles. The molecule has 0 saturated carbocycles. The van der Waals surface area contributed by atoms with Gasteiger partial charge in [-0.15, -0.1) is 0 Å². The molecule has 4 aromatic rings. The summed E-state index contributed by atoms with van der Waals surface area (Å²) in [5.74, 6) is 0.531. The first-order chi connectivity index (χ1) is 21.7. The lowest BCUT2D eigenvalue weighted by Crippen LogP contribution is -2.11. The molecule has 0 aliphatic rings. The van der Waals surface area contributed by atoms with E-state index < -0.39 is 0 Å². The zero-order valence-electron chi connectivity index (χ0n) is 28.2. The van der Waals surface area contributed by atoms with Crippen molar-refractivity contribution < 1.29 is 0 Å². The minimum atomic E-state index is -0.107. The molecule has 4 rings (SSSR count). The van der Waals surface area contributed by atoms with Gasteiger partial charge in [-0.2, -0.15) is 0 Å². The summed E-state index contributed by atoms with van der Waals surface area (Å²) in [6.07, 6.45) is 8.62. The maximum atomic E-state index is 6.22. The number of benzene rings is 4. The second-order valence-corrected chi connectivity index (χ2v) is 11.5. The van der Waals surface area contributed by atoms with Crippen molar-refractivity contribution in [1.82, 2.24) is 0 Å². The van der Waals surface area contributed by atoms with Crippen molar-refractivity contribution in [1.29, 1.82) is 5.41 Å². The number of nitrogens with one attached hydrogen (secondary N) is 1. The largest absolute Gasteiger partial charge is 0.321 e. The summed E-state index contributed by atoms with van der Waals surface area (Å²) < 4.78 is 0. The summed E-state index contributed by atoms with van der Waals surface area (Å²) >= 11 is 0. The van der Waals surface area contributed by atoms with E-state index in [0.29, 0.717) is 5.92 Å². The van der Waals surface area contributed by atoms with Gasteiger partial charge in [-0.05, 0) is 103 Å². The predicted molar refractivity (Wildman–Crippen MR) is 201 cm³/mol. The van der Waals surface area contributed by atoms with Gasteiger partial charge in [-0.25, -0.2) is 0 Å². The van der Waals surface area contributed by atoms with Crippen molar-refractivity contribution in [3.05, 3.63) is 162 Å². The standard InChI is InChI=1S/C23H33N.C19H16.CH3N/c1-8-11-17(6)20(10-3)22(12-9-2)21-14-13-19(15-18(21)7)23(24)16(4)5;1-15-7-5-10-17(13-15)19-12-6-11-18(14-19)16-8-3-2-4-9-16;1-2/h9-10,12-15,17,23H,2,4,8,11,24H2,1,3,5-7H3;2-14H,1H3;2H,1H2/b20-10-,22-12+;;/t17-,23?;;/m0../s1. The summed E-state index contributed by atoms with van der Waals surface area (Å²) in [7, 11) is 0. The molecule has 3 N–H and O–H groups in total. The lowest BCUT2D eigenvalue weighted by Gasteiger charge is -2.21. The molecular weight excluding hydrogens is 544 g/mol. The molecule has 0 fully saturated rings. The number of hydrogen-bond donors (Lipinski definition) is 2. The maximum absolute atomic E-state index is 6.22. The van der Waals surface area contributed by atoms with Crippen molar-refractivity contribution in [2.45, 2.75) is 60.4 Å². The van der Waals surface area contributed by atoms with E-state index in [2.05, 4.69) is 158 Å². The lowest BCUT2D eigenvalue weighted by atomic mass is 9.84. The van der Waals surface area contributed by atoms with Crippen LogP contribution in [0.15, 0.2) is 140 Å². The second-order valence-electron chi connectivity index (χ2n) is 11.5. The third-order valence-corrected chi connectivity index (χ3v) is 7.91. The van der Waals surface area contributed by atoms with Crippen molar-refractivity contribution in [2.24, 2.45) is 11.7 Å². The topological polar surface area (TPSA) is 49.9 Å². The average Bonchev–Trinajstić information content (AvgIpc) is 3.06. The van der Waals surface area contributed by atoms with Crippen LogP contribution in [0.2, 0.25) is 0 Å². The summed E-state index contributed by atoms with van der Waals surface area (Å²) in [6, 6.07) is 34.2. The molecule has 2 heteroatoms. The Kier molecular flexibility index (Phi) is 15.5. The van der Waals surface area contributed by atoms with Crippen LogP contribution in [0.4, 0.5) is 0 Å². The van der Waals surface area contributed by atoms with Crippen LogP contribution in [-0.2, 0) is 0 Å². The first kappa shape index (κ1) is 36.7. The number of rotatable bonds is 10. The molecular formula is C43H52N2. The molecule has 0 saturated heterocycles. The molecule has 4 aromatic carbocycles. The zero-order valence-corrected chi connectivity index (χ0v) is 28.2. The molecule has 1 unspecified atom stereocenters. The Balaban J connectivity index is 0.000000303. The number of allylic oxidation sites excluding steroid dienone is 5. The lowest BCUT2D eigenvalue weighted by molar-refractivity contribution is 0.615. The van der Waals surface area contributed by atoms with Gasteiger partial charge < -0.3 is 11.1 Å². The van der Waals surface area contributed by atoms with Gasteiger partial charge in [0.25, 0.3) is 0 Å².